The Morgan fingerprint density at radius 1 is 1.30 bits per heavy atom. The maximum Gasteiger partial charge on any atom is 0.408 e. The van der Waals surface area contributed by atoms with Gasteiger partial charge in [0.1, 0.15) is 6.61 Å². The smallest absolute Gasteiger partial charge is 0.408 e. The van der Waals surface area contributed by atoms with E-state index in [0.717, 1.165) is 14.0 Å². The second-order valence-corrected chi connectivity index (χ2v) is 4.18. The fraction of sp³-hybridized carbons (Fsp3) is 0.385. The van der Waals surface area contributed by atoms with Gasteiger partial charge in [-0.2, -0.15) is 0 Å². The molecule has 0 aliphatic heterocycles. The van der Waals surface area contributed by atoms with Gasteiger partial charge >= 0.3 is 12.1 Å². The van der Waals surface area contributed by atoms with Gasteiger partial charge in [-0.15, -0.1) is 0 Å². The first-order valence-corrected chi connectivity index (χ1v) is 5.75. The van der Waals surface area contributed by atoms with E-state index in [1.165, 1.54) is 0 Å². The van der Waals surface area contributed by atoms with Gasteiger partial charge in [0.25, 0.3) is 6.43 Å². The van der Waals surface area contributed by atoms with Crippen LogP contribution in [0.5, 0.6) is 0 Å². The normalized spacial score (nSPS) is 13.4. The van der Waals surface area contributed by atoms with Crippen molar-refractivity contribution >= 4 is 12.1 Å². The van der Waals surface area contributed by atoms with E-state index < -0.39 is 24.0 Å². The molecule has 7 heteroatoms. The molecule has 0 saturated heterocycles. The number of nitrogens with one attached hydrogen (secondary N) is 1. The summed E-state index contributed by atoms with van der Waals surface area (Å²) in [4.78, 5) is 22.8. The average molecular weight is 287 g/mol. The highest BCUT2D eigenvalue weighted by Crippen LogP contribution is 2.17. The Labute approximate surface area is 114 Å². The molecule has 1 amide bonds. The Bertz CT molecular complexity index is 467. The van der Waals surface area contributed by atoms with Crippen molar-refractivity contribution in [2.75, 3.05) is 7.11 Å². The molecule has 0 radical (unpaired) electrons. The summed E-state index contributed by atoms with van der Waals surface area (Å²) in [6.45, 7) is 0.778. The topological polar surface area (TPSA) is 64.6 Å². The summed E-state index contributed by atoms with van der Waals surface area (Å²) in [6.07, 6.45) is -4.25. The summed E-state index contributed by atoms with van der Waals surface area (Å²) < 4.78 is 34.8. The van der Waals surface area contributed by atoms with E-state index in [-0.39, 0.29) is 6.61 Å². The number of carbonyl (C=O) groups is 2. The van der Waals surface area contributed by atoms with Crippen molar-refractivity contribution in [1.82, 2.24) is 5.32 Å². The first-order chi connectivity index (χ1) is 9.40. The number of alkyl carbamates (subject to hydrolysis) is 1. The Balaban J connectivity index is 2.61. The van der Waals surface area contributed by atoms with Gasteiger partial charge < -0.3 is 14.8 Å². The van der Waals surface area contributed by atoms with Crippen molar-refractivity contribution in [1.29, 1.82) is 0 Å². The van der Waals surface area contributed by atoms with Crippen molar-refractivity contribution in [2.24, 2.45) is 0 Å². The molecule has 0 bridgehead atoms. The van der Waals surface area contributed by atoms with Crippen LogP contribution in [0.1, 0.15) is 12.5 Å². The molecule has 1 aromatic rings. The van der Waals surface area contributed by atoms with E-state index in [9.17, 15) is 18.4 Å². The molecule has 0 heterocycles. The number of methoxy groups -OCH3 is 1. The van der Waals surface area contributed by atoms with Crippen molar-refractivity contribution in [3.05, 3.63) is 35.9 Å². The highest BCUT2D eigenvalue weighted by molar-refractivity contribution is 5.85. The van der Waals surface area contributed by atoms with Crippen molar-refractivity contribution in [2.45, 2.75) is 25.5 Å². The third-order valence-electron chi connectivity index (χ3n) is 2.62. The number of amides is 1. The van der Waals surface area contributed by atoms with Gasteiger partial charge in [-0.25, -0.2) is 18.4 Å². The van der Waals surface area contributed by atoms with Gasteiger partial charge in [-0.05, 0) is 12.5 Å². The van der Waals surface area contributed by atoms with Crippen molar-refractivity contribution < 1.29 is 27.8 Å². The summed E-state index contributed by atoms with van der Waals surface area (Å²) in [5, 5.41) is 1.83. The Morgan fingerprint density at radius 3 is 2.40 bits per heavy atom. The number of ether oxygens (including phenoxy) is 2. The number of halogens is 2. The predicted octanol–water partition coefficient (Wildman–Crippen LogP) is 2.11. The maximum atomic E-state index is 12.9. The van der Waals surface area contributed by atoms with E-state index in [4.69, 9.17) is 4.74 Å². The molecule has 20 heavy (non-hydrogen) atoms. The Kier molecular flexibility index (Phi) is 5.42. The van der Waals surface area contributed by atoms with Crippen LogP contribution in [0.15, 0.2) is 30.3 Å². The standard InChI is InChI=1S/C13H15F2NO4/c1-13(10(14)15,11(17)19-2)16-12(18)20-8-9-6-4-3-5-7-9/h3-7,10H,8H2,1-2H3,(H,16,18). The second-order valence-electron chi connectivity index (χ2n) is 4.18. The maximum absolute atomic E-state index is 12.9. The number of hydrogen-bond acceptors (Lipinski definition) is 4. The monoisotopic (exact) mass is 287 g/mol. The number of alkyl halides is 2. The number of esters is 1. The summed E-state index contributed by atoms with van der Waals surface area (Å²) >= 11 is 0. The molecule has 0 spiro atoms. The highest BCUT2D eigenvalue weighted by Gasteiger charge is 2.46. The fourth-order valence-corrected chi connectivity index (χ4v) is 1.38. The average Bonchev–Trinajstić information content (AvgIpc) is 2.45. The lowest BCUT2D eigenvalue weighted by atomic mass is 10.0. The zero-order chi connectivity index (χ0) is 15.2. The van der Waals surface area contributed by atoms with Gasteiger partial charge in [-0.3, -0.25) is 0 Å². The van der Waals surface area contributed by atoms with Crippen molar-refractivity contribution in [3.63, 3.8) is 0 Å². The number of carbonyl (C=O) groups excluding carboxylic acids is 2. The van der Waals surface area contributed by atoms with Crippen LogP contribution in [0.2, 0.25) is 0 Å². The van der Waals surface area contributed by atoms with Crippen LogP contribution in [0.3, 0.4) is 0 Å². The molecule has 110 valence electrons. The van der Waals surface area contributed by atoms with Gasteiger partial charge in [-0.1, -0.05) is 30.3 Å². The van der Waals surface area contributed by atoms with Crippen LogP contribution >= 0.6 is 0 Å². The lowest BCUT2D eigenvalue weighted by Gasteiger charge is -2.26. The predicted molar refractivity (Wildman–Crippen MR) is 66.2 cm³/mol. The Hall–Kier alpha value is -2.18. The van der Waals surface area contributed by atoms with E-state index >= 15 is 0 Å². The highest BCUT2D eigenvalue weighted by atomic mass is 19.3. The Morgan fingerprint density at radius 2 is 1.90 bits per heavy atom. The van der Waals surface area contributed by atoms with Gasteiger partial charge in [0.15, 0.2) is 5.54 Å². The minimum absolute atomic E-state index is 0.0901. The van der Waals surface area contributed by atoms with Crippen LogP contribution in [0.4, 0.5) is 13.6 Å². The second kappa shape index (κ2) is 6.83. The van der Waals surface area contributed by atoms with E-state index in [1.807, 2.05) is 5.32 Å². The zero-order valence-corrected chi connectivity index (χ0v) is 11.1. The molecule has 0 aliphatic carbocycles. The number of hydrogen-bond donors (Lipinski definition) is 1. The molecule has 0 fully saturated rings. The van der Waals surface area contributed by atoms with Crippen LogP contribution in [0, 0.1) is 0 Å². The zero-order valence-electron chi connectivity index (χ0n) is 11.1. The minimum Gasteiger partial charge on any atom is -0.467 e. The molecule has 0 aromatic heterocycles. The quantitative estimate of drug-likeness (QED) is 0.842. The van der Waals surface area contributed by atoms with E-state index in [2.05, 4.69) is 4.74 Å². The van der Waals surface area contributed by atoms with Crippen molar-refractivity contribution in [3.8, 4) is 0 Å². The van der Waals surface area contributed by atoms with E-state index in [1.54, 1.807) is 30.3 Å². The molecule has 1 N–H and O–H groups in total. The molecule has 1 aromatic carbocycles. The first kappa shape index (κ1) is 15.9. The summed E-state index contributed by atoms with van der Waals surface area (Å²) in [6, 6.07) is 8.69. The number of benzene rings is 1. The first-order valence-electron chi connectivity index (χ1n) is 5.75. The minimum atomic E-state index is -3.13. The molecule has 0 aliphatic rings. The van der Waals surface area contributed by atoms with Gasteiger partial charge in [0, 0.05) is 0 Å². The van der Waals surface area contributed by atoms with Crippen LogP contribution < -0.4 is 5.32 Å². The summed E-state index contributed by atoms with van der Waals surface area (Å²) in [5.41, 5.74) is -1.75. The molecule has 5 nitrogen and oxygen atoms in total. The van der Waals surface area contributed by atoms with Crippen LogP contribution in [-0.4, -0.2) is 31.1 Å². The largest absolute Gasteiger partial charge is 0.467 e. The molecular weight excluding hydrogens is 272 g/mol. The number of rotatable bonds is 5. The van der Waals surface area contributed by atoms with Crippen LogP contribution in [0.25, 0.3) is 0 Å². The molecular formula is C13H15F2NO4. The third kappa shape index (κ3) is 3.91. The SMILES string of the molecule is COC(=O)C(C)(NC(=O)OCc1ccccc1)C(F)F. The molecule has 1 atom stereocenters. The fourth-order valence-electron chi connectivity index (χ4n) is 1.38. The summed E-state index contributed by atoms with van der Waals surface area (Å²) in [7, 11) is 0.958. The summed E-state index contributed by atoms with van der Waals surface area (Å²) in [5.74, 6) is -1.25. The molecule has 1 unspecified atom stereocenters. The van der Waals surface area contributed by atoms with E-state index in [0.29, 0.717) is 5.56 Å². The van der Waals surface area contributed by atoms with Gasteiger partial charge in [0.2, 0.25) is 0 Å². The molecule has 1 rings (SSSR count). The lowest BCUT2D eigenvalue weighted by Crippen LogP contribution is -2.57. The lowest BCUT2D eigenvalue weighted by molar-refractivity contribution is -0.154. The van der Waals surface area contributed by atoms with Crippen LogP contribution in [-0.2, 0) is 20.9 Å². The molecule has 0 saturated carbocycles. The third-order valence-corrected chi connectivity index (χ3v) is 2.62. The van der Waals surface area contributed by atoms with Gasteiger partial charge in [0.05, 0.1) is 7.11 Å².